The van der Waals surface area contributed by atoms with Crippen molar-refractivity contribution in [3.63, 3.8) is 0 Å². The van der Waals surface area contributed by atoms with Gasteiger partial charge in [0.2, 0.25) is 0 Å². The number of amides is 1. The van der Waals surface area contributed by atoms with Crippen LogP contribution in [0.4, 0.5) is 5.13 Å². The van der Waals surface area contributed by atoms with Gasteiger partial charge in [0.1, 0.15) is 0 Å². The standard InChI is InChI=1S/C20H13ClN2OS/c21-14-8-6-12(7-9-14)19(24)23-20-22-18-15-3-1-2-11-4-5-13(17(11)15)10-16(18)25-20/h1-3,6-10H,4-5H2,(H,22,23,24). The van der Waals surface area contributed by atoms with E-state index in [1.807, 2.05) is 0 Å². The second-order valence-corrected chi connectivity index (χ2v) is 7.67. The maximum Gasteiger partial charge on any atom is 0.257 e. The van der Waals surface area contributed by atoms with Crippen molar-refractivity contribution in [2.24, 2.45) is 0 Å². The quantitative estimate of drug-likeness (QED) is 0.513. The Hall–Kier alpha value is -2.43. The van der Waals surface area contributed by atoms with Gasteiger partial charge in [-0.1, -0.05) is 41.1 Å². The summed E-state index contributed by atoms with van der Waals surface area (Å²) in [7, 11) is 0. The monoisotopic (exact) mass is 364 g/mol. The molecule has 0 bridgehead atoms. The van der Waals surface area contributed by atoms with Gasteiger partial charge < -0.3 is 0 Å². The Balaban J connectivity index is 1.57. The zero-order valence-corrected chi connectivity index (χ0v) is 14.7. The molecule has 1 aromatic heterocycles. The molecule has 1 N–H and O–H groups in total. The molecule has 4 aromatic rings. The third-order valence-electron chi connectivity index (χ3n) is 4.68. The second kappa shape index (κ2) is 5.55. The molecule has 1 heterocycles. The molecule has 0 saturated heterocycles. The van der Waals surface area contributed by atoms with E-state index < -0.39 is 0 Å². The lowest BCUT2D eigenvalue weighted by molar-refractivity contribution is 0.102. The highest BCUT2D eigenvalue weighted by Crippen LogP contribution is 2.39. The minimum Gasteiger partial charge on any atom is -0.298 e. The molecule has 0 atom stereocenters. The number of nitrogens with one attached hydrogen (secondary N) is 1. The van der Waals surface area contributed by atoms with Gasteiger partial charge in [-0.3, -0.25) is 10.1 Å². The number of carbonyl (C=O) groups is 1. The zero-order chi connectivity index (χ0) is 17.0. The smallest absolute Gasteiger partial charge is 0.257 e. The predicted molar refractivity (Wildman–Crippen MR) is 104 cm³/mol. The number of aryl methyl sites for hydroxylation is 2. The lowest BCUT2D eigenvalue weighted by atomic mass is 10.0. The van der Waals surface area contributed by atoms with Crippen LogP contribution < -0.4 is 5.32 Å². The van der Waals surface area contributed by atoms with Crippen LogP contribution in [0.2, 0.25) is 5.02 Å². The van der Waals surface area contributed by atoms with E-state index in [4.69, 9.17) is 16.6 Å². The molecule has 0 radical (unpaired) electrons. The SMILES string of the molecule is O=C(Nc1nc2c(cc3c4c(cccc42)CC3)s1)c1ccc(Cl)cc1. The van der Waals surface area contributed by atoms with Crippen LogP contribution >= 0.6 is 22.9 Å². The molecule has 0 spiro atoms. The molecule has 0 fully saturated rings. The third kappa shape index (κ3) is 2.41. The minimum atomic E-state index is -0.173. The Labute approximate surface area is 153 Å². The molecular weight excluding hydrogens is 352 g/mol. The van der Waals surface area contributed by atoms with Crippen LogP contribution in [0.15, 0.2) is 48.5 Å². The first-order valence-corrected chi connectivity index (χ1v) is 9.29. The second-order valence-electron chi connectivity index (χ2n) is 6.20. The van der Waals surface area contributed by atoms with Gasteiger partial charge in [0.15, 0.2) is 5.13 Å². The summed E-state index contributed by atoms with van der Waals surface area (Å²) in [5.41, 5.74) is 4.32. The lowest BCUT2D eigenvalue weighted by Crippen LogP contribution is -2.11. The van der Waals surface area contributed by atoms with Crippen LogP contribution in [0.5, 0.6) is 0 Å². The Morgan fingerprint density at radius 3 is 2.72 bits per heavy atom. The average molecular weight is 365 g/mol. The third-order valence-corrected chi connectivity index (χ3v) is 5.85. The van der Waals surface area contributed by atoms with Gasteiger partial charge in [0.05, 0.1) is 10.2 Å². The molecule has 0 unspecified atom stereocenters. The summed E-state index contributed by atoms with van der Waals surface area (Å²) in [6, 6.07) is 15.5. The highest BCUT2D eigenvalue weighted by atomic mass is 35.5. The average Bonchev–Trinajstić information content (AvgIpc) is 3.21. The van der Waals surface area contributed by atoms with Crippen molar-refractivity contribution in [2.75, 3.05) is 5.32 Å². The predicted octanol–water partition coefficient (Wildman–Crippen LogP) is 5.45. The number of aromatic nitrogens is 1. The van der Waals surface area contributed by atoms with Gasteiger partial charge in [-0.15, -0.1) is 0 Å². The number of anilines is 1. The Kier molecular flexibility index (Phi) is 3.30. The molecule has 122 valence electrons. The number of nitrogens with zero attached hydrogens (tertiary/aromatic N) is 1. The topological polar surface area (TPSA) is 42.0 Å². The molecule has 5 heteroatoms. The molecule has 5 rings (SSSR count). The van der Waals surface area contributed by atoms with Crippen LogP contribution in [0.3, 0.4) is 0 Å². The first-order valence-electron chi connectivity index (χ1n) is 8.10. The van der Waals surface area contributed by atoms with Crippen molar-refractivity contribution in [3.8, 4) is 0 Å². The van der Waals surface area contributed by atoms with Crippen LogP contribution in [0.1, 0.15) is 21.5 Å². The first kappa shape index (κ1) is 14.9. The summed E-state index contributed by atoms with van der Waals surface area (Å²) < 4.78 is 1.12. The Morgan fingerprint density at radius 2 is 1.88 bits per heavy atom. The van der Waals surface area contributed by atoms with Crippen molar-refractivity contribution in [1.82, 2.24) is 4.98 Å². The molecular formula is C20H13ClN2OS. The molecule has 25 heavy (non-hydrogen) atoms. The van der Waals surface area contributed by atoms with E-state index in [9.17, 15) is 4.79 Å². The molecule has 1 aliphatic carbocycles. The summed E-state index contributed by atoms with van der Waals surface area (Å²) in [4.78, 5) is 17.1. The fourth-order valence-electron chi connectivity index (χ4n) is 3.53. The number of benzene rings is 3. The van der Waals surface area contributed by atoms with Crippen molar-refractivity contribution in [2.45, 2.75) is 12.8 Å². The highest BCUT2D eigenvalue weighted by molar-refractivity contribution is 7.22. The van der Waals surface area contributed by atoms with Crippen molar-refractivity contribution >= 4 is 55.0 Å². The summed E-state index contributed by atoms with van der Waals surface area (Å²) in [6.07, 6.45) is 2.18. The van der Waals surface area contributed by atoms with E-state index in [1.165, 1.54) is 33.2 Å². The Bertz CT molecular complexity index is 1150. The Morgan fingerprint density at radius 1 is 1.08 bits per heavy atom. The molecule has 0 saturated carbocycles. The number of thiazole rings is 1. The molecule has 3 nitrogen and oxygen atoms in total. The summed E-state index contributed by atoms with van der Waals surface area (Å²) >= 11 is 7.40. The first-order chi connectivity index (χ1) is 12.2. The van der Waals surface area contributed by atoms with Crippen LogP contribution in [0.25, 0.3) is 21.0 Å². The number of fused-ring (bicyclic) bond motifs is 2. The van der Waals surface area contributed by atoms with E-state index in [1.54, 1.807) is 24.3 Å². The van der Waals surface area contributed by atoms with E-state index in [0.29, 0.717) is 15.7 Å². The summed E-state index contributed by atoms with van der Waals surface area (Å²) in [5.74, 6) is -0.173. The highest BCUT2D eigenvalue weighted by Gasteiger charge is 2.19. The number of halogens is 1. The van der Waals surface area contributed by atoms with Gasteiger partial charge >= 0.3 is 0 Å². The maximum atomic E-state index is 12.4. The minimum absolute atomic E-state index is 0.173. The fraction of sp³-hybridized carbons (Fsp3) is 0.100. The molecule has 1 aliphatic rings. The van der Waals surface area contributed by atoms with Gasteiger partial charge in [-0.25, -0.2) is 4.98 Å². The van der Waals surface area contributed by atoms with E-state index in [2.05, 4.69) is 29.6 Å². The fourth-order valence-corrected chi connectivity index (χ4v) is 4.60. The largest absolute Gasteiger partial charge is 0.298 e. The van der Waals surface area contributed by atoms with Crippen molar-refractivity contribution in [1.29, 1.82) is 0 Å². The maximum absolute atomic E-state index is 12.4. The summed E-state index contributed by atoms with van der Waals surface area (Å²) in [6.45, 7) is 0. The summed E-state index contributed by atoms with van der Waals surface area (Å²) in [5, 5.41) is 6.67. The number of hydrogen-bond acceptors (Lipinski definition) is 3. The van der Waals surface area contributed by atoms with Crippen molar-refractivity contribution < 1.29 is 4.79 Å². The number of carbonyl (C=O) groups excluding carboxylic acids is 1. The molecule has 0 aliphatic heterocycles. The molecule has 1 amide bonds. The van der Waals surface area contributed by atoms with Gasteiger partial charge in [-0.2, -0.15) is 0 Å². The van der Waals surface area contributed by atoms with E-state index >= 15 is 0 Å². The van der Waals surface area contributed by atoms with Crippen LogP contribution in [0, 0.1) is 0 Å². The normalized spacial score (nSPS) is 12.8. The number of rotatable bonds is 2. The molecule has 3 aromatic carbocycles. The zero-order valence-electron chi connectivity index (χ0n) is 13.2. The number of hydrogen-bond donors (Lipinski definition) is 1. The van der Waals surface area contributed by atoms with Crippen LogP contribution in [-0.2, 0) is 12.8 Å². The van der Waals surface area contributed by atoms with Gasteiger partial charge in [0.25, 0.3) is 5.91 Å². The van der Waals surface area contributed by atoms with Crippen molar-refractivity contribution in [3.05, 3.63) is 70.2 Å². The van der Waals surface area contributed by atoms with E-state index in [0.717, 1.165) is 23.1 Å². The van der Waals surface area contributed by atoms with Gasteiger partial charge in [-0.05, 0) is 59.7 Å². The lowest BCUT2D eigenvalue weighted by Gasteiger charge is -2.02. The van der Waals surface area contributed by atoms with Gasteiger partial charge in [0, 0.05) is 16.0 Å². The van der Waals surface area contributed by atoms with Crippen LogP contribution in [-0.4, -0.2) is 10.9 Å². The van der Waals surface area contributed by atoms with E-state index in [-0.39, 0.29) is 5.91 Å².